The van der Waals surface area contributed by atoms with Crippen LogP contribution in [0.4, 0.5) is 0 Å². The van der Waals surface area contributed by atoms with Crippen molar-refractivity contribution in [2.45, 2.75) is 19.3 Å². The van der Waals surface area contributed by atoms with Crippen molar-refractivity contribution in [1.82, 2.24) is 10.2 Å². The maximum atomic E-state index is 12.1. The number of terminal acetylenes is 1. The van der Waals surface area contributed by atoms with Gasteiger partial charge in [-0.3, -0.25) is 9.59 Å². The highest BCUT2D eigenvalue weighted by Crippen LogP contribution is 2.30. The quantitative estimate of drug-likeness (QED) is 0.678. The fraction of sp³-hybridized carbons (Fsp3) is 0.667. The smallest absolute Gasteiger partial charge is 0.228 e. The largest absolute Gasteiger partial charge is 0.355 e. The van der Waals surface area contributed by atoms with Crippen molar-refractivity contribution in [3.63, 3.8) is 0 Å². The Bertz CT molecular complexity index is 341. The lowest BCUT2D eigenvalue weighted by Gasteiger charge is -2.22. The van der Waals surface area contributed by atoms with Gasteiger partial charge in [0.2, 0.25) is 11.8 Å². The minimum Gasteiger partial charge on any atom is -0.355 e. The standard InChI is InChI=1S/C12H16N2O2/c1-2-5-14(8-9-3-4-9)12(16)10-6-11(15)13-7-10/h1,9-10H,3-8H2,(H,13,15). The van der Waals surface area contributed by atoms with Crippen LogP contribution in [0.5, 0.6) is 0 Å². The molecule has 1 unspecified atom stereocenters. The second kappa shape index (κ2) is 4.56. The highest BCUT2D eigenvalue weighted by molar-refractivity contribution is 5.89. The normalized spacial score (nSPS) is 23.7. The zero-order valence-electron chi connectivity index (χ0n) is 9.24. The molecule has 0 bridgehead atoms. The van der Waals surface area contributed by atoms with Gasteiger partial charge in [0, 0.05) is 19.5 Å². The summed E-state index contributed by atoms with van der Waals surface area (Å²) in [5.41, 5.74) is 0. The van der Waals surface area contributed by atoms with Crippen LogP contribution < -0.4 is 5.32 Å². The van der Waals surface area contributed by atoms with Crippen LogP contribution in [0.1, 0.15) is 19.3 Å². The summed E-state index contributed by atoms with van der Waals surface area (Å²) in [6, 6.07) is 0. The zero-order chi connectivity index (χ0) is 11.5. The fourth-order valence-corrected chi connectivity index (χ4v) is 1.99. The Kier molecular flexibility index (Phi) is 3.14. The fourth-order valence-electron chi connectivity index (χ4n) is 1.99. The van der Waals surface area contributed by atoms with E-state index in [2.05, 4.69) is 11.2 Å². The SMILES string of the molecule is C#CCN(CC1CC1)C(=O)C1CNC(=O)C1. The van der Waals surface area contributed by atoms with E-state index in [1.165, 1.54) is 12.8 Å². The van der Waals surface area contributed by atoms with Gasteiger partial charge in [0.25, 0.3) is 0 Å². The molecule has 0 aromatic rings. The Morgan fingerprint density at radius 2 is 2.31 bits per heavy atom. The van der Waals surface area contributed by atoms with E-state index in [9.17, 15) is 9.59 Å². The van der Waals surface area contributed by atoms with Crippen molar-refractivity contribution < 1.29 is 9.59 Å². The lowest BCUT2D eigenvalue weighted by Crippen LogP contribution is -2.38. The molecule has 1 heterocycles. The lowest BCUT2D eigenvalue weighted by atomic mass is 10.1. The number of amides is 2. The van der Waals surface area contributed by atoms with Gasteiger partial charge in [-0.1, -0.05) is 5.92 Å². The number of nitrogens with zero attached hydrogens (tertiary/aromatic N) is 1. The average molecular weight is 220 g/mol. The van der Waals surface area contributed by atoms with Gasteiger partial charge in [-0.25, -0.2) is 0 Å². The molecule has 1 saturated heterocycles. The molecular weight excluding hydrogens is 204 g/mol. The zero-order valence-corrected chi connectivity index (χ0v) is 9.24. The maximum Gasteiger partial charge on any atom is 0.228 e. The molecule has 1 aliphatic heterocycles. The van der Waals surface area contributed by atoms with Crippen LogP contribution >= 0.6 is 0 Å². The molecule has 4 heteroatoms. The summed E-state index contributed by atoms with van der Waals surface area (Å²) in [6.07, 6.45) is 7.95. The van der Waals surface area contributed by atoms with E-state index in [0.717, 1.165) is 6.54 Å². The van der Waals surface area contributed by atoms with Gasteiger partial charge in [0.05, 0.1) is 12.5 Å². The van der Waals surface area contributed by atoms with Crippen molar-refractivity contribution in [1.29, 1.82) is 0 Å². The molecule has 0 aromatic heterocycles. The summed E-state index contributed by atoms with van der Waals surface area (Å²) in [5.74, 6) is 2.93. The topological polar surface area (TPSA) is 49.4 Å². The monoisotopic (exact) mass is 220 g/mol. The first-order chi connectivity index (χ1) is 7.70. The molecule has 16 heavy (non-hydrogen) atoms. The highest BCUT2D eigenvalue weighted by Gasteiger charge is 2.33. The van der Waals surface area contributed by atoms with Gasteiger partial charge in [0.15, 0.2) is 0 Å². The van der Waals surface area contributed by atoms with E-state index in [1.54, 1.807) is 4.90 Å². The Morgan fingerprint density at radius 3 is 2.81 bits per heavy atom. The molecule has 4 nitrogen and oxygen atoms in total. The predicted octanol–water partition coefficient (Wildman–Crippen LogP) is -0.00570. The Labute approximate surface area is 95.4 Å². The van der Waals surface area contributed by atoms with Gasteiger partial charge in [-0.15, -0.1) is 6.42 Å². The molecule has 2 rings (SSSR count). The number of nitrogens with one attached hydrogen (secondary N) is 1. The maximum absolute atomic E-state index is 12.1. The summed E-state index contributed by atoms with van der Waals surface area (Å²) in [6.45, 7) is 1.58. The van der Waals surface area contributed by atoms with E-state index in [4.69, 9.17) is 6.42 Å². The van der Waals surface area contributed by atoms with Crippen molar-refractivity contribution in [3.8, 4) is 12.3 Å². The Morgan fingerprint density at radius 1 is 1.56 bits per heavy atom. The molecule has 0 spiro atoms. The first kappa shape index (κ1) is 11.0. The third-order valence-corrected chi connectivity index (χ3v) is 3.10. The highest BCUT2D eigenvalue weighted by atomic mass is 16.2. The van der Waals surface area contributed by atoms with E-state index < -0.39 is 0 Å². The van der Waals surface area contributed by atoms with E-state index >= 15 is 0 Å². The second-order valence-electron chi connectivity index (χ2n) is 4.57. The molecule has 2 fully saturated rings. The van der Waals surface area contributed by atoms with Crippen LogP contribution in [0, 0.1) is 24.2 Å². The summed E-state index contributed by atoms with van der Waals surface area (Å²) in [5, 5.41) is 2.68. The van der Waals surface area contributed by atoms with Gasteiger partial charge in [-0.05, 0) is 18.8 Å². The van der Waals surface area contributed by atoms with E-state index in [-0.39, 0.29) is 17.7 Å². The number of hydrogen-bond donors (Lipinski definition) is 1. The minimum absolute atomic E-state index is 0.0307. The second-order valence-corrected chi connectivity index (χ2v) is 4.57. The summed E-state index contributed by atoms with van der Waals surface area (Å²) in [7, 11) is 0. The molecule has 2 amide bonds. The lowest BCUT2D eigenvalue weighted by molar-refractivity contribution is -0.135. The molecule has 1 N–H and O–H groups in total. The average Bonchev–Trinajstić information content (AvgIpc) is 2.97. The number of carbonyl (C=O) groups is 2. The first-order valence-electron chi connectivity index (χ1n) is 5.69. The third-order valence-electron chi connectivity index (χ3n) is 3.10. The minimum atomic E-state index is -0.209. The third kappa shape index (κ3) is 2.54. The molecule has 1 atom stereocenters. The van der Waals surface area contributed by atoms with E-state index in [1.807, 2.05) is 0 Å². The van der Waals surface area contributed by atoms with Gasteiger partial charge in [-0.2, -0.15) is 0 Å². The van der Waals surface area contributed by atoms with Crippen LogP contribution in [-0.4, -0.2) is 36.3 Å². The molecule has 0 radical (unpaired) electrons. The van der Waals surface area contributed by atoms with Crippen LogP contribution in [0.15, 0.2) is 0 Å². The van der Waals surface area contributed by atoms with Crippen molar-refractivity contribution in [2.75, 3.05) is 19.6 Å². The van der Waals surface area contributed by atoms with Crippen LogP contribution in [0.2, 0.25) is 0 Å². The predicted molar refractivity (Wildman–Crippen MR) is 59.3 cm³/mol. The number of rotatable bonds is 4. The Balaban J connectivity index is 1.92. The molecule has 2 aliphatic rings. The molecule has 0 aromatic carbocycles. The molecular formula is C12H16N2O2. The first-order valence-corrected chi connectivity index (χ1v) is 5.69. The van der Waals surface area contributed by atoms with Gasteiger partial charge >= 0.3 is 0 Å². The Hall–Kier alpha value is -1.50. The van der Waals surface area contributed by atoms with E-state index in [0.29, 0.717) is 25.4 Å². The van der Waals surface area contributed by atoms with Crippen LogP contribution in [0.25, 0.3) is 0 Å². The van der Waals surface area contributed by atoms with Crippen molar-refractivity contribution in [2.24, 2.45) is 11.8 Å². The van der Waals surface area contributed by atoms with Gasteiger partial charge < -0.3 is 10.2 Å². The van der Waals surface area contributed by atoms with Crippen molar-refractivity contribution >= 4 is 11.8 Å². The number of hydrogen-bond acceptors (Lipinski definition) is 2. The molecule has 1 aliphatic carbocycles. The molecule has 86 valence electrons. The van der Waals surface area contributed by atoms with Crippen molar-refractivity contribution in [3.05, 3.63) is 0 Å². The summed E-state index contributed by atoms with van der Waals surface area (Å²) in [4.78, 5) is 24.9. The summed E-state index contributed by atoms with van der Waals surface area (Å²) < 4.78 is 0. The van der Waals surface area contributed by atoms with Gasteiger partial charge in [0.1, 0.15) is 0 Å². The summed E-state index contributed by atoms with van der Waals surface area (Å²) >= 11 is 0. The number of carbonyl (C=O) groups excluding carboxylic acids is 2. The molecule has 1 saturated carbocycles. The van der Waals surface area contributed by atoms with Crippen LogP contribution in [0.3, 0.4) is 0 Å². The van der Waals surface area contributed by atoms with Crippen LogP contribution in [-0.2, 0) is 9.59 Å².